The van der Waals surface area contributed by atoms with Gasteiger partial charge in [0.25, 0.3) is 0 Å². The summed E-state index contributed by atoms with van der Waals surface area (Å²) >= 11 is 0. The quantitative estimate of drug-likeness (QED) is 0.804. The van der Waals surface area contributed by atoms with E-state index in [9.17, 15) is 5.26 Å². The van der Waals surface area contributed by atoms with Gasteiger partial charge in [0.05, 0.1) is 31.2 Å². The summed E-state index contributed by atoms with van der Waals surface area (Å²) in [6.07, 6.45) is 1.78. The van der Waals surface area contributed by atoms with E-state index in [-0.39, 0.29) is 6.10 Å². The fourth-order valence-corrected chi connectivity index (χ4v) is 3.51. The van der Waals surface area contributed by atoms with Crippen LogP contribution in [-0.2, 0) is 0 Å². The zero-order chi connectivity index (χ0) is 19.4. The minimum absolute atomic E-state index is 0.0704. The predicted octanol–water partition coefficient (Wildman–Crippen LogP) is 3.64. The molecule has 1 saturated heterocycles. The number of anilines is 1. The summed E-state index contributed by atoms with van der Waals surface area (Å²) in [6.45, 7) is 5.49. The molecule has 27 heavy (non-hydrogen) atoms. The molecule has 142 valence electrons. The smallest absolute Gasteiger partial charge is 0.203 e. The van der Waals surface area contributed by atoms with Crippen molar-refractivity contribution in [1.82, 2.24) is 4.98 Å². The van der Waals surface area contributed by atoms with Crippen molar-refractivity contribution in [3.63, 3.8) is 0 Å². The number of aryl methyl sites for hydroxylation is 2. The molecule has 3 rings (SSSR count). The molecule has 2 heterocycles. The summed E-state index contributed by atoms with van der Waals surface area (Å²) in [4.78, 5) is 6.66. The summed E-state index contributed by atoms with van der Waals surface area (Å²) in [7, 11) is 3.25. The minimum atomic E-state index is 0.0704. The van der Waals surface area contributed by atoms with Crippen LogP contribution in [0.1, 0.15) is 29.8 Å². The van der Waals surface area contributed by atoms with Gasteiger partial charge in [-0.1, -0.05) is 6.07 Å². The van der Waals surface area contributed by atoms with Gasteiger partial charge in [0, 0.05) is 31.6 Å². The van der Waals surface area contributed by atoms with E-state index in [0.29, 0.717) is 22.8 Å². The first kappa shape index (κ1) is 18.8. The molecule has 1 aromatic carbocycles. The Hall–Kier alpha value is -2.94. The second-order valence-corrected chi connectivity index (χ2v) is 6.65. The van der Waals surface area contributed by atoms with Gasteiger partial charge in [0.2, 0.25) is 5.75 Å². The average molecular weight is 367 g/mol. The van der Waals surface area contributed by atoms with Gasteiger partial charge in [-0.3, -0.25) is 4.98 Å². The Labute approximate surface area is 160 Å². The van der Waals surface area contributed by atoms with Crippen molar-refractivity contribution in [2.45, 2.75) is 32.8 Å². The fraction of sp³-hybridized carbons (Fsp3) is 0.429. The highest BCUT2D eigenvalue weighted by atomic mass is 16.5. The van der Waals surface area contributed by atoms with Crippen molar-refractivity contribution >= 4 is 5.69 Å². The van der Waals surface area contributed by atoms with Crippen LogP contribution in [0.15, 0.2) is 24.3 Å². The lowest BCUT2D eigenvalue weighted by molar-refractivity contribution is 0.158. The minimum Gasteiger partial charge on any atom is -0.493 e. The van der Waals surface area contributed by atoms with Crippen LogP contribution in [0.2, 0.25) is 0 Å². The Bertz CT molecular complexity index is 830. The lowest BCUT2D eigenvalue weighted by Crippen LogP contribution is -2.39. The summed E-state index contributed by atoms with van der Waals surface area (Å²) in [6, 6.07) is 9.92. The predicted molar refractivity (Wildman–Crippen MR) is 104 cm³/mol. The normalized spacial score (nSPS) is 14.6. The van der Waals surface area contributed by atoms with E-state index in [4.69, 9.17) is 14.2 Å². The van der Waals surface area contributed by atoms with Crippen molar-refractivity contribution < 1.29 is 14.2 Å². The molecule has 1 aromatic heterocycles. The topological polar surface area (TPSA) is 67.6 Å². The van der Waals surface area contributed by atoms with E-state index in [2.05, 4.69) is 16.0 Å². The lowest BCUT2D eigenvalue weighted by Gasteiger charge is -2.34. The lowest BCUT2D eigenvalue weighted by atomic mass is 10.0. The number of piperidine rings is 1. The van der Waals surface area contributed by atoms with Crippen molar-refractivity contribution in [3.05, 3.63) is 41.2 Å². The number of nitrogens with zero attached hydrogens (tertiary/aromatic N) is 3. The zero-order valence-electron chi connectivity index (χ0n) is 16.3. The Morgan fingerprint density at radius 3 is 2.30 bits per heavy atom. The molecular formula is C21H25N3O3. The third kappa shape index (κ3) is 3.92. The maximum absolute atomic E-state index is 9.51. The molecule has 0 aliphatic carbocycles. The molecule has 0 atom stereocenters. The van der Waals surface area contributed by atoms with E-state index < -0.39 is 0 Å². The van der Waals surface area contributed by atoms with E-state index in [1.807, 2.05) is 38.1 Å². The summed E-state index contributed by atoms with van der Waals surface area (Å²) in [5.41, 5.74) is 3.34. The van der Waals surface area contributed by atoms with Crippen LogP contribution in [0, 0.1) is 25.2 Å². The van der Waals surface area contributed by atoms with Crippen molar-refractivity contribution in [2.75, 3.05) is 32.2 Å². The Kier molecular flexibility index (Phi) is 5.70. The average Bonchev–Trinajstić information content (AvgIpc) is 2.68. The van der Waals surface area contributed by atoms with Crippen LogP contribution in [0.3, 0.4) is 0 Å². The first-order chi connectivity index (χ1) is 13.1. The van der Waals surface area contributed by atoms with Gasteiger partial charge in [-0.2, -0.15) is 5.26 Å². The molecule has 0 radical (unpaired) electrons. The highest BCUT2D eigenvalue weighted by Gasteiger charge is 2.25. The summed E-state index contributed by atoms with van der Waals surface area (Å²) in [5.74, 6) is 1.99. The number of hydrogen-bond donors (Lipinski definition) is 0. The molecule has 1 fully saturated rings. The molecule has 2 aromatic rings. The maximum Gasteiger partial charge on any atom is 0.203 e. The van der Waals surface area contributed by atoms with Gasteiger partial charge in [0.15, 0.2) is 11.5 Å². The largest absolute Gasteiger partial charge is 0.493 e. The second-order valence-electron chi connectivity index (χ2n) is 6.65. The van der Waals surface area contributed by atoms with Crippen LogP contribution in [-0.4, -0.2) is 38.4 Å². The Morgan fingerprint density at radius 2 is 1.74 bits per heavy atom. The number of nitriles is 1. The van der Waals surface area contributed by atoms with Crippen molar-refractivity contribution in [2.24, 2.45) is 0 Å². The van der Waals surface area contributed by atoms with E-state index in [1.54, 1.807) is 14.2 Å². The molecule has 6 heteroatoms. The first-order valence-electron chi connectivity index (χ1n) is 9.08. The molecule has 1 aliphatic rings. The van der Waals surface area contributed by atoms with Crippen LogP contribution in [0.4, 0.5) is 5.69 Å². The van der Waals surface area contributed by atoms with Crippen molar-refractivity contribution in [1.29, 1.82) is 5.26 Å². The number of aromatic nitrogens is 1. The molecule has 1 aliphatic heterocycles. The molecule has 0 saturated carbocycles. The molecule has 0 amide bonds. The number of hydrogen-bond acceptors (Lipinski definition) is 6. The highest BCUT2D eigenvalue weighted by molar-refractivity contribution is 5.62. The number of benzene rings is 1. The Morgan fingerprint density at radius 1 is 1.11 bits per heavy atom. The number of rotatable bonds is 5. The Balaban J connectivity index is 1.73. The van der Waals surface area contributed by atoms with Gasteiger partial charge < -0.3 is 19.1 Å². The van der Waals surface area contributed by atoms with Crippen LogP contribution >= 0.6 is 0 Å². The van der Waals surface area contributed by atoms with Gasteiger partial charge in [-0.25, -0.2) is 0 Å². The molecule has 0 unspecified atom stereocenters. The molecular weight excluding hydrogens is 342 g/mol. The highest BCUT2D eigenvalue weighted by Crippen LogP contribution is 2.38. The number of pyridine rings is 1. The van der Waals surface area contributed by atoms with Crippen LogP contribution in [0.25, 0.3) is 0 Å². The first-order valence-corrected chi connectivity index (χ1v) is 9.08. The SMILES string of the molecule is COc1cccc(OC)c1OC1CCN(c2cc(C)nc(C)c2C#N)CC1. The fourth-order valence-electron chi connectivity index (χ4n) is 3.51. The number of ether oxygens (including phenoxy) is 3. The number of para-hydroxylation sites is 1. The third-order valence-electron chi connectivity index (χ3n) is 4.87. The van der Waals surface area contributed by atoms with Crippen LogP contribution in [0.5, 0.6) is 17.2 Å². The summed E-state index contributed by atoms with van der Waals surface area (Å²) < 4.78 is 17.1. The molecule has 0 spiro atoms. The van der Waals surface area contributed by atoms with Gasteiger partial charge in [-0.15, -0.1) is 0 Å². The maximum atomic E-state index is 9.51. The standard InChI is InChI=1S/C21H25N3O3/c1-14-12-18(17(13-22)15(2)23-14)24-10-8-16(9-11-24)27-21-19(25-3)6-5-7-20(21)26-4/h5-7,12,16H,8-11H2,1-4H3. The number of methoxy groups -OCH3 is 2. The van der Waals surface area contributed by atoms with Gasteiger partial charge in [-0.05, 0) is 32.0 Å². The van der Waals surface area contributed by atoms with Gasteiger partial charge >= 0.3 is 0 Å². The molecule has 0 N–H and O–H groups in total. The monoisotopic (exact) mass is 367 g/mol. The van der Waals surface area contributed by atoms with E-state index >= 15 is 0 Å². The van der Waals surface area contributed by atoms with Gasteiger partial charge in [0.1, 0.15) is 12.2 Å². The van der Waals surface area contributed by atoms with E-state index in [1.165, 1.54) is 0 Å². The molecule has 6 nitrogen and oxygen atoms in total. The molecule has 0 bridgehead atoms. The van der Waals surface area contributed by atoms with E-state index in [0.717, 1.165) is 43.0 Å². The third-order valence-corrected chi connectivity index (χ3v) is 4.87. The zero-order valence-corrected chi connectivity index (χ0v) is 16.3. The van der Waals surface area contributed by atoms with Crippen molar-refractivity contribution in [3.8, 4) is 23.3 Å². The summed E-state index contributed by atoms with van der Waals surface area (Å²) in [5, 5.41) is 9.51. The van der Waals surface area contributed by atoms with Crippen LogP contribution < -0.4 is 19.1 Å². The second kappa shape index (κ2) is 8.17.